The third-order valence-corrected chi connectivity index (χ3v) is 8.80. The second-order valence-corrected chi connectivity index (χ2v) is 18.1. The average molecular weight is 848 g/mol. The molecule has 0 spiro atoms. The van der Waals surface area contributed by atoms with Crippen molar-refractivity contribution in [3.63, 3.8) is 0 Å². The zero-order valence-electron chi connectivity index (χ0n) is 38.8. The van der Waals surface area contributed by atoms with Crippen molar-refractivity contribution in [3.8, 4) is 0 Å². The Morgan fingerprint density at radius 3 is 1.30 bits per heavy atom. The number of hydrogen-bond acceptors (Lipinski definition) is 14. The Morgan fingerprint density at radius 1 is 0.596 bits per heavy atom. The van der Waals surface area contributed by atoms with Gasteiger partial charge in [0.2, 0.25) is 0 Å². The van der Waals surface area contributed by atoms with Crippen LogP contribution in [0.15, 0.2) is 0 Å². The maximum absolute atomic E-state index is 12.6. The molecule has 0 rings (SSSR count). The lowest BCUT2D eigenvalue weighted by Crippen LogP contribution is -2.46. The fourth-order valence-corrected chi connectivity index (χ4v) is 5.01. The number of ether oxygens (including phenoxy) is 7. The number of rotatable bonds is 17. The zero-order valence-corrected chi connectivity index (χ0v) is 39.7. The second-order valence-electron chi connectivity index (χ2n) is 15.4. The van der Waals surface area contributed by atoms with E-state index >= 15 is 0 Å². The van der Waals surface area contributed by atoms with Gasteiger partial charge in [-0.15, -0.1) is 0 Å². The molecule has 0 saturated carbocycles. The summed E-state index contributed by atoms with van der Waals surface area (Å²) in [5, 5.41) is 2.88. The van der Waals surface area contributed by atoms with Gasteiger partial charge in [0.05, 0.1) is 64.0 Å². The molecule has 16 heteroatoms. The third-order valence-electron chi connectivity index (χ3n) is 6.18. The van der Waals surface area contributed by atoms with Gasteiger partial charge in [0.25, 0.3) is 7.52 Å². The summed E-state index contributed by atoms with van der Waals surface area (Å²) in [7, 11) is -0.156. The lowest BCUT2D eigenvalue weighted by molar-refractivity contribution is -0.154. The Hall–Kier alpha value is -2.74. The first kappa shape index (κ1) is 66.1. The molecule has 15 nitrogen and oxygen atoms in total. The molecule has 3 atom stereocenters. The van der Waals surface area contributed by atoms with Gasteiger partial charge in [-0.1, -0.05) is 97.4 Å². The van der Waals surface area contributed by atoms with Gasteiger partial charge in [-0.2, -0.15) is 0 Å². The Labute approximate surface area is 347 Å². The first-order valence-corrected chi connectivity index (χ1v) is 21.2. The van der Waals surface area contributed by atoms with E-state index in [0.29, 0.717) is 39.0 Å². The van der Waals surface area contributed by atoms with E-state index in [1.807, 2.05) is 96.9 Å². The van der Waals surface area contributed by atoms with Gasteiger partial charge in [-0.25, -0.2) is 9.88 Å². The molecule has 1 unspecified atom stereocenters. The van der Waals surface area contributed by atoms with E-state index in [-0.39, 0.29) is 61.0 Å². The lowest BCUT2D eigenvalue weighted by atomic mass is 9.87. The molecule has 0 radical (unpaired) electrons. The highest BCUT2D eigenvalue weighted by molar-refractivity contribution is 7.57. The summed E-state index contributed by atoms with van der Waals surface area (Å²) in [5.41, 5.74) is -0.610. The number of methoxy groups -OCH3 is 2. The number of esters is 4. The molecular formula is C41H86NO14P. The van der Waals surface area contributed by atoms with Crippen molar-refractivity contribution < 1.29 is 66.2 Å². The normalized spacial score (nSPS) is 12.7. The zero-order chi connectivity index (χ0) is 45.4. The highest BCUT2D eigenvalue weighted by Crippen LogP contribution is 2.49. The summed E-state index contributed by atoms with van der Waals surface area (Å²) in [5.74, 6) is -0.531. The minimum absolute atomic E-state index is 0. The van der Waals surface area contributed by atoms with E-state index < -0.39 is 31.1 Å². The van der Waals surface area contributed by atoms with Gasteiger partial charge < -0.3 is 37.7 Å². The summed E-state index contributed by atoms with van der Waals surface area (Å²) >= 11 is 0. The minimum Gasteiger partial charge on any atom is -0.468 e. The summed E-state index contributed by atoms with van der Waals surface area (Å²) < 4.78 is 51.3. The standard InChI is InChI=1S/C12H26NO4P.C8H16O3.C7H14O3.C7H14O2.C6H12O2.CH4/c1-8-17-18(15,9(2)3)13-10(11(14)16-7)12(4,5)6;1-6(2)8(9)11-7(3)5-10-4;1-4-9-7(8)10-5-6(2)3;1-5(2)7(8)9-6(3)4;1-4-8-6(7)5(2)3;/h9-10H,8H2,1-7H3,(H,13,15);6-7H,5H2,1-4H3;6H,4-5H2,1-3H3;5-6H,1-4H3;5H,4H2,1-3H3;1H4/t10-,18?;7-;;;;/m01..../s1. The molecule has 0 heterocycles. The predicted molar refractivity (Wildman–Crippen MR) is 227 cm³/mol. The molecule has 0 aromatic carbocycles. The van der Waals surface area contributed by atoms with Crippen LogP contribution in [0.25, 0.3) is 0 Å². The quantitative estimate of drug-likeness (QED) is 0.0828. The SMILES string of the molecule is C.CC(C)OC(=O)C(C)C.CCOC(=O)C(C)C.CCOC(=O)OCC(C)C.CCOP(=O)(N[C@@H](C(=O)OC)C(C)(C)C)C(C)C.COC[C@@H](C)OC(=O)C(C)C. The highest BCUT2D eigenvalue weighted by Gasteiger charge is 2.40. The third kappa shape index (κ3) is 41.2. The lowest BCUT2D eigenvalue weighted by Gasteiger charge is -2.33. The van der Waals surface area contributed by atoms with E-state index in [1.54, 1.807) is 41.7 Å². The van der Waals surface area contributed by atoms with Crippen LogP contribution in [0.3, 0.4) is 0 Å². The van der Waals surface area contributed by atoms with Gasteiger partial charge in [0, 0.05) is 12.8 Å². The van der Waals surface area contributed by atoms with Crippen LogP contribution in [0, 0.1) is 29.1 Å². The number of hydrogen-bond donors (Lipinski definition) is 1. The fraction of sp³-hybridized carbons (Fsp3) is 0.878. The van der Waals surface area contributed by atoms with Crippen molar-refractivity contribution in [1.82, 2.24) is 5.09 Å². The summed E-state index contributed by atoms with van der Waals surface area (Å²) in [6.07, 6.45) is -0.703. The van der Waals surface area contributed by atoms with E-state index in [1.165, 1.54) is 7.11 Å². The van der Waals surface area contributed by atoms with Crippen molar-refractivity contribution in [2.45, 2.75) is 163 Å². The van der Waals surface area contributed by atoms with Crippen LogP contribution in [-0.4, -0.2) is 101 Å². The van der Waals surface area contributed by atoms with Crippen molar-refractivity contribution in [3.05, 3.63) is 0 Å². The Morgan fingerprint density at radius 2 is 1.04 bits per heavy atom. The molecule has 344 valence electrons. The van der Waals surface area contributed by atoms with Crippen molar-refractivity contribution in [2.75, 3.05) is 47.3 Å². The molecule has 0 amide bonds. The van der Waals surface area contributed by atoms with Gasteiger partial charge in [0.15, 0.2) is 0 Å². The van der Waals surface area contributed by atoms with Crippen molar-refractivity contribution in [2.24, 2.45) is 29.1 Å². The summed E-state index contributed by atoms with van der Waals surface area (Å²) in [6, 6.07) is -0.665. The van der Waals surface area contributed by atoms with Crippen LogP contribution in [0.5, 0.6) is 0 Å². The minimum atomic E-state index is -3.06. The fourth-order valence-electron chi connectivity index (χ4n) is 3.10. The van der Waals surface area contributed by atoms with E-state index in [4.69, 9.17) is 23.5 Å². The Kier molecular flexibility index (Phi) is 43.5. The Balaban J connectivity index is -0.000000147. The van der Waals surface area contributed by atoms with E-state index in [2.05, 4.69) is 19.3 Å². The highest BCUT2D eigenvalue weighted by atomic mass is 31.2. The Bertz CT molecular complexity index is 1090. The van der Waals surface area contributed by atoms with Gasteiger partial charge in [0.1, 0.15) is 12.1 Å². The van der Waals surface area contributed by atoms with Crippen molar-refractivity contribution in [1.29, 1.82) is 0 Å². The van der Waals surface area contributed by atoms with Crippen LogP contribution < -0.4 is 5.09 Å². The molecule has 0 saturated heterocycles. The van der Waals surface area contributed by atoms with E-state index in [0.717, 1.165) is 0 Å². The molecule has 0 aromatic rings. The molecule has 0 fully saturated rings. The molecule has 57 heavy (non-hydrogen) atoms. The smallest absolute Gasteiger partial charge is 0.468 e. The summed E-state index contributed by atoms with van der Waals surface area (Å²) in [6.45, 7) is 37.0. The van der Waals surface area contributed by atoms with E-state index in [9.17, 15) is 28.5 Å². The van der Waals surface area contributed by atoms with Gasteiger partial charge in [-0.05, 0) is 52.9 Å². The maximum Gasteiger partial charge on any atom is 0.508 e. The molecular weight excluding hydrogens is 761 g/mol. The van der Waals surface area contributed by atoms with Crippen LogP contribution in [-0.2, 0) is 61.4 Å². The van der Waals surface area contributed by atoms with Gasteiger partial charge in [-0.3, -0.25) is 23.7 Å². The van der Waals surface area contributed by atoms with Crippen LogP contribution in [0.4, 0.5) is 4.79 Å². The average Bonchev–Trinajstić information content (AvgIpc) is 3.06. The topological polar surface area (TPSA) is 188 Å². The molecule has 0 aliphatic rings. The monoisotopic (exact) mass is 848 g/mol. The number of carbonyl (C=O) groups is 5. The largest absolute Gasteiger partial charge is 0.508 e. The number of nitrogens with one attached hydrogen (secondary N) is 1. The predicted octanol–water partition coefficient (Wildman–Crippen LogP) is 9.27. The van der Waals surface area contributed by atoms with Crippen molar-refractivity contribution >= 4 is 37.6 Å². The van der Waals surface area contributed by atoms with Crippen LogP contribution in [0.1, 0.15) is 139 Å². The first-order chi connectivity index (χ1) is 25.5. The molecule has 0 aliphatic carbocycles. The molecule has 0 aromatic heterocycles. The van der Waals surface area contributed by atoms with Crippen LogP contribution >= 0.6 is 7.52 Å². The molecule has 1 N–H and O–H groups in total. The summed E-state index contributed by atoms with van der Waals surface area (Å²) in [4.78, 5) is 54.5. The van der Waals surface area contributed by atoms with Crippen LogP contribution in [0.2, 0.25) is 0 Å². The number of carbonyl (C=O) groups excluding carboxylic acids is 5. The van der Waals surface area contributed by atoms with Gasteiger partial charge >= 0.3 is 30.0 Å². The first-order valence-electron chi connectivity index (χ1n) is 19.5. The molecule has 0 bridgehead atoms. The molecule has 0 aliphatic heterocycles. The second kappa shape index (κ2) is 37.5. The maximum atomic E-state index is 12.6.